The number of furan rings is 1. The standard InChI is InChI=1S/C15H11F4NO3/c16-9-5-10(17)13(19)14(12(9)18)22-6-8-3-4-11(23-8)15(21)20-7-1-2-7/h3-5,7H,1-2,6H2,(H,20,21). The van der Waals surface area contributed by atoms with Gasteiger partial charge in [-0.3, -0.25) is 4.79 Å². The van der Waals surface area contributed by atoms with Gasteiger partial charge in [0.15, 0.2) is 23.1 Å². The van der Waals surface area contributed by atoms with E-state index in [4.69, 9.17) is 9.15 Å². The van der Waals surface area contributed by atoms with Crippen molar-refractivity contribution < 1.29 is 31.5 Å². The molecule has 0 radical (unpaired) electrons. The Morgan fingerprint density at radius 3 is 2.43 bits per heavy atom. The molecule has 23 heavy (non-hydrogen) atoms. The summed E-state index contributed by atoms with van der Waals surface area (Å²) >= 11 is 0. The molecule has 1 fully saturated rings. The predicted molar refractivity (Wildman–Crippen MR) is 69.8 cm³/mol. The lowest BCUT2D eigenvalue weighted by atomic mass is 10.3. The summed E-state index contributed by atoms with van der Waals surface area (Å²) in [6, 6.07) is 2.97. The summed E-state index contributed by atoms with van der Waals surface area (Å²) in [4.78, 5) is 11.7. The Kier molecular flexibility index (Phi) is 3.97. The van der Waals surface area contributed by atoms with E-state index in [1.807, 2.05) is 0 Å². The van der Waals surface area contributed by atoms with Gasteiger partial charge >= 0.3 is 0 Å². The van der Waals surface area contributed by atoms with E-state index in [0.717, 1.165) is 12.8 Å². The Labute approximate surface area is 128 Å². The second-order valence-corrected chi connectivity index (χ2v) is 5.10. The molecule has 3 rings (SSSR count). The van der Waals surface area contributed by atoms with Crippen LogP contribution in [0.3, 0.4) is 0 Å². The van der Waals surface area contributed by atoms with Crippen molar-refractivity contribution >= 4 is 5.91 Å². The van der Waals surface area contributed by atoms with Gasteiger partial charge in [-0.1, -0.05) is 0 Å². The number of amides is 1. The van der Waals surface area contributed by atoms with Crippen molar-refractivity contribution in [2.45, 2.75) is 25.5 Å². The third kappa shape index (κ3) is 3.30. The van der Waals surface area contributed by atoms with Crippen LogP contribution in [0.2, 0.25) is 0 Å². The van der Waals surface area contributed by atoms with Crippen LogP contribution >= 0.6 is 0 Å². The summed E-state index contributed by atoms with van der Waals surface area (Å²) < 4.78 is 62.9. The van der Waals surface area contributed by atoms with Crippen LogP contribution in [0.5, 0.6) is 5.75 Å². The molecule has 0 unspecified atom stereocenters. The maximum absolute atomic E-state index is 13.4. The Balaban J connectivity index is 1.69. The van der Waals surface area contributed by atoms with E-state index in [1.165, 1.54) is 12.1 Å². The predicted octanol–water partition coefficient (Wildman–Crippen LogP) is 3.31. The van der Waals surface area contributed by atoms with Gasteiger partial charge in [-0.25, -0.2) is 8.78 Å². The monoisotopic (exact) mass is 329 g/mol. The van der Waals surface area contributed by atoms with E-state index < -0.39 is 41.5 Å². The molecule has 0 atom stereocenters. The summed E-state index contributed by atoms with van der Waals surface area (Å²) in [5.41, 5.74) is 0. The van der Waals surface area contributed by atoms with Gasteiger partial charge in [0.2, 0.25) is 11.6 Å². The van der Waals surface area contributed by atoms with Crippen LogP contribution in [0.4, 0.5) is 17.6 Å². The zero-order chi connectivity index (χ0) is 16.6. The number of carbonyl (C=O) groups is 1. The summed E-state index contributed by atoms with van der Waals surface area (Å²) in [5.74, 6) is -7.90. The fourth-order valence-corrected chi connectivity index (χ4v) is 1.88. The fraction of sp³-hybridized carbons (Fsp3) is 0.267. The summed E-state index contributed by atoms with van der Waals surface area (Å²) in [6.07, 6.45) is 1.82. The van der Waals surface area contributed by atoms with Crippen LogP contribution in [0.1, 0.15) is 29.2 Å². The average molecular weight is 329 g/mol. The number of benzene rings is 1. The minimum absolute atomic E-state index is 0.0156. The summed E-state index contributed by atoms with van der Waals surface area (Å²) in [7, 11) is 0. The second kappa shape index (κ2) is 5.94. The van der Waals surface area contributed by atoms with Gasteiger partial charge in [-0.05, 0) is 25.0 Å². The van der Waals surface area contributed by atoms with E-state index in [1.54, 1.807) is 0 Å². The molecule has 1 heterocycles. The van der Waals surface area contributed by atoms with Gasteiger partial charge in [-0.15, -0.1) is 0 Å². The van der Waals surface area contributed by atoms with Crippen molar-refractivity contribution in [2.24, 2.45) is 0 Å². The van der Waals surface area contributed by atoms with Crippen molar-refractivity contribution in [3.63, 3.8) is 0 Å². The summed E-state index contributed by atoms with van der Waals surface area (Å²) in [6.45, 7) is -0.493. The van der Waals surface area contributed by atoms with Gasteiger partial charge in [0.25, 0.3) is 5.91 Å². The number of carbonyl (C=O) groups excluding carboxylic acids is 1. The van der Waals surface area contributed by atoms with Crippen molar-refractivity contribution in [3.05, 3.63) is 53.0 Å². The van der Waals surface area contributed by atoms with Crippen LogP contribution in [0, 0.1) is 23.3 Å². The third-order valence-electron chi connectivity index (χ3n) is 3.23. The first kappa shape index (κ1) is 15.4. The summed E-state index contributed by atoms with van der Waals surface area (Å²) in [5, 5.41) is 2.70. The minimum atomic E-state index is -1.64. The van der Waals surface area contributed by atoms with Crippen molar-refractivity contribution in [2.75, 3.05) is 0 Å². The number of halogens is 4. The molecule has 0 aliphatic heterocycles. The maximum atomic E-state index is 13.4. The van der Waals surface area contributed by atoms with Gasteiger partial charge < -0.3 is 14.5 Å². The Morgan fingerprint density at radius 1 is 1.17 bits per heavy atom. The van der Waals surface area contributed by atoms with E-state index in [9.17, 15) is 22.4 Å². The zero-order valence-corrected chi connectivity index (χ0v) is 11.7. The molecule has 1 aromatic carbocycles. The van der Waals surface area contributed by atoms with Crippen LogP contribution in [0.15, 0.2) is 22.6 Å². The van der Waals surface area contributed by atoms with Crippen LogP contribution in [-0.4, -0.2) is 11.9 Å². The van der Waals surface area contributed by atoms with Gasteiger partial charge in [0.1, 0.15) is 12.4 Å². The molecule has 1 aliphatic carbocycles. The van der Waals surface area contributed by atoms with Gasteiger partial charge in [0.05, 0.1) is 0 Å². The molecule has 8 heteroatoms. The molecular weight excluding hydrogens is 318 g/mol. The van der Waals surface area contributed by atoms with E-state index in [2.05, 4.69) is 5.32 Å². The van der Waals surface area contributed by atoms with Crippen LogP contribution in [-0.2, 0) is 6.61 Å². The van der Waals surface area contributed by atoms with E-state index >= 15 is 0 Å². The molecule has 0 spiro atoms. The molecule has 1 saturated carbocycles. The highest BCUT2D eigenvalue weighted by Crippen LogP contribution is 2.27. The minimum Gasteiger partial charge on any atom is -0.479 e. The molecular formula is C15H11F4NO3. The zero-order valence-electron chi connectivity index (χ0n) is 11.7. The fourth-order valence-electron chi connectivity index (χ4n) is 1.88. The Hall–Kier alpha value is -2.51. The van der Waals surface area contributed by atoms with Gasteiger partial charge in [0, 0.05) is 12.1 Å². The average Bonchev–Trinajstić information content (AvgIpc) is 3.19. The lowest BCUT2D eigenvalue weighted by Gasteiger charge is -2.08. The number of hydrogen-bond donors (Lipinski definition) is 1. The van der Waals surface area contributed by atoms with Crippen molar-refractivity contribution in [1.29, 1.82) is 0 Å². The lowest BCUT2D eigenvalue weighted by Crippen LogP contribution is -2.24. The SMILES string of the molecule is O=C(NC1CC1)c1ccc(COc2c(F)c(F)cc(F)c2F)o1. The molecule has 122 valence electrons. The molecule has 1 N–H and O–H groups in total. The number of nitrogens with one attached hydrogen (secondary N) is 1. The molecule has 1 aliphatic rings. The largest absolute Gasteiger partial charge is 0.479 e. The number of rotatable bonds is 5. The molecule has 1 aromatic heterocycles. The van der Waals surface area contributed by atoms with E-state index in [0.29, 0.717) is 0 Å². The first-order valence-corrected chi connectivity index (χ1v) is 6.81. The lowest BCUT2D eigenvalue weighted by molar-refractivity contribution is 0.0919. The first-order chi connectivity index (χ1) is 11.0. The molecule has 0 saturated heterocycles. The number of hydrogen-bond acceptors (Lipinski definition) is 3. The molecule has 2 aromatic rings. The topological polar surface area (TPSA) is 51.5 Å². The van der Waals surface area contributed by atoms with Crippen molar-refractivity contribution in [1.82, 2.24) is 5.32 Å². The maximum Gasteiger partial charge on any atom is 0.287 e. The Bertz CT molecular complexity index is 729. The van der Waals surface area contributed by atoms with Gasteiger partial charge in [-0.2, -0.15) is 8.78 Å². The highest BCUT2D eigenvalue weighted by molar-refractivity contribution is 5.91. The van der Waals surface area contributed by atoms with E-state index in [-0.39, 0.29) is 23.6 Å². The highest BCUT2D eigenvalue weighted by Gasteiger charge is 2.25. The first-order valence-electron chi connectivity index (χ1n) is 6.81. The normalized spacial score (nSPS) is 13.9. The van der Waals surface area contributed by atoms with Crippen molar-refractivity contribution in [3.8, 4) is 5.75 Å². The quantitative estimate of drug-likeness (QED) is 0.676. The second-order valence-electron chi connectivity index (χ2n) is 5.10. The van der Waals surface area contributed by atoms with Crippen LogP contribution in [0.25, 0.3) is 0 Å². The molecule has 4 nitrogen and oxygen atoms in total. The van der Waals surface area contributed by atoms with Crippen LogP contribution < -0.4 is 10.1 Å². The molecule has 1 amide bonds. The number of ether oxygens (including phenoxy) is 1. The highest BCUT2D eigenvalue weighted by atomic mass is 19.2. The smallest absolute Gasteiger partial charge is 0.287 e. The third-order valence-corrected chi connectivity index (χ3v) is 3.23. The molecule has 0 bridgehead atoms. The Morgan fingerprint density at radius 2 is 1.83 bits per heavy atom.